The topological polar surface area (TPSA) is 148 Å². The van der Waals surface area contributed by atoms with E-state index < -0.39 is 41.4 Å². The molecule has 0 saturated carbocycles. The molecule has 1 aliphatic rings. The van der Waals surface area contributed by atoms with E-state index in [4.69, 9.17) is 14.2 Å². The van der Waals surface area contributed by atoms with Crippen LogP contribution in [0.4, 0.5) is 0 Å². The second kappa shape index (κ2) is 12.9. The van der Waals surface area contributed by atoms with Crippen molar-refractivity contribution in [3.05, 3.63) is 52.0 Å². The molecule has 0 unspecified atom stereocenters. The minimum Gasteiger partial charge on any atom is -0.382 e. The predicted octanol–water partition coefficient (Wildman–Crippen LogP) is 0.413. The summed E-state index contributed by atoms with van der Waals surface area (Å²) in [6, 6.07) is 6.20. The molecule has 200 valence electrons. The number of aromatic nitrogens is 1. The van der Waals surface area contributed by atoms with Gasteiger partial charge in [0.05, 0.1) is 37.1 Å². The molecule has 1 aromatic heterocycles. The molecule has 3 rings (SSSR count). The zero-order valence-electron chi connectivity index (χ0n) is 21.2. The van der Waals surface area contributed by atoms with Crippen LogP contribution in [0.15, 0.2) is 36.5 Å². The van der Waals surface area contributed by atoms with Crippen LogP contribution >= 0.6 is 11.3 Å². The van der Waals surface area contributed by atoms with Gasteiger partial charge in [-0.15, -0.1) is 11.3 Å². The summed E-state index contributed by atoms with van der Waals surface area (Å²) in [6.45, 7) is 3.44. The number of carbonyl (C=O) groups is 4. The highest BCUT2D eigenvalue weighted by Crippen LogP contribution is 2.29. The summed E-state index contributed by atoms with van der Waals surface area (Å²) in [5.74, 6) is -1.98. The van der Waals surface area contributed by atoms with Crippen molar-refractivity contribution in [2.45, 2.75) is 44.0 Å². The Morgan fingerprint density at radius 1 is 1.00 bits per heavy atom. The van der Waals surface area contributed by atoms with E-state index in [1.165, 1.54) is 31.8 Å². The van der Waals surface area contributed by atoms with Gasteiger partial charge in [0.2, 0.25) is 11.8 Å². The van der Waals surface area contributed by atoms with Crippen molar-refractivity contribution in [2.75, 3.05) is 34.0 Å². The number of Topliss-reactive ketones (excluding diaryl/α,β-unsaturated/α-hetero) is 1. The first-order valence-corrected chi connectivity index (χ1v) is 12.5. The van der Waals surface area contributed by atoms with Crippen LogP contribution in [-0.2, 0) is 35.0 Å². The minimum absolute atomic E-state index is 0.124. The number of rotatable bonds is 14. The first-order valence-electron chi connectivity index (χ1n) is 11.7. The van der Waals surface area contributed by atoms with Crippen molar-refractivity contribution in [2.24, 2.45) is 0 Å². The first-order chi connectivity index (χ1) is 17.7. The van der Waals surface area contributed by atoms with Gasteiger partial charge in [-0.25, -0.2) is 4.98 Å². The van der Waals surface area contributed by atoms with Gasteiger partial charge in [-0.2, -0.15) is 0 Å². The lowest BCUT2D eigenvalue weighted by atomic mass is 9.94. The van der Waals surface area contributed by atoms with Crippen molar-refractivity contribution in [3.8, 4) is 0 Å². The minimum atomic E-state index is -1.13. The zero-order chi connectivity index (χ0) is 27.0. The smallest absolute Gasteiger partial charge is 0.263 e. The summed E-state index contributed by atoms with van der Waals surface area (Å²) in [5, 5.41) is 8.67. The number of nitrogens with zero attached hydrogens (tertiary/aromatic N) is 1. The molecule has 4 atom stereocenters. The fourth-order valence-electron chi connectivity index (χ4n) is 3.62. The lowest BCUT2D eigenvalue weighted by molar-refractivity contribution is -0.134. The molecule has 11 nitrogen and oxygen atoms in total. The summed E-state index contributed by atoms with van der Waals surface area (Å²) < 4.78 is 15.6. The number of thiazole rings is 1. The number of aryl methyl sites for hydroxylation is 1. The molecule has 1 aliphatic heterocycles. The molecule has 37 heavy (non-hydrogen) atoms. The Bertz CT molecular complexity index is 1100. The van der Waals surface area contributed by atoms with Crippen molar-refractivity contribution in [1.29, 1.82) is 0 Å². The molecule has 0 bridgehead atoms. The molecule has 1 fully saturated rings. The largest absolute Gasteiger partial charge is 0.382 e. The highest BCUT2D eigenvalue weighted by molar-refractivity contribution is 7.13. The molecule has 0 spiro atoms. The van der Waals surface area contributed by atoms with Gasteiger partial charge in [0.1, 0.15) is 22.6 Å². The van der Waals surface area contributed by atoms with Crippen molar-refractivity contribution in [1.82, 2.24) is 20.9 Å². The molecular formula is C25H32N4O7S. The Labute approximate surface area is 219 Å². The molecule has 2 heterocycles. The molecule has 3 N–H and O–H groups in total. The second-order valence-corrected chi connectivity index (χ2v) is 10.1. The van der Waals surface area contributed by atoms with E-state index in [9.17, 15) is 19.2 Å². The van der Waals surface area contributed by atoms with Gasteiger partial charge in [0.25, 0.3) is 5.91 Å². The Kier molecular flexibility index (Phi) is 9.86. The fourth-order valence-corrected chi connectivity index (χ4v) is 4.30. The van der Waals surface area contributed by atoms with Crippen LogP contribution in [0, 0.1) is 6.92 Å². The molecule has 0 aliphatic carbocycles. The number of ketones is 1. The van der Waals surface area contributed by atoms with Gasteiger partial charge in [-0.1, -0.05) is 30.3 Å². The summed E-state index contributed by atoms with van der Waals surface area (Å²) in [6.07, 6.45) is 1.68. The van der Waals surface area contributed by atoms with E-state index in [-0.39, 0.29) is 32.0 Å². The average Bonchev–Trinajstić information content (AvgIpc) is 3.48. The molecule has 3 amide bonds. The molecule has 1 saturated heterocycles. The number of carbonyl (C=O) groups excluding carboxylic acids is 4. The van der Waals surface area contributed by atoms with Crippen LogP contribution < -0.4 is 16.0 Å². The quantitative estimate of drug-likeness (QED) is 0.297. The van der Waals surface area contributed by atoms with Gasteiger partial charge in [0, 0.05) is 14.2 Å². The number of amides is 3. The zero-order valence-corrected chi connectivity index (χ0v) is 22.1. The Morgan fingerprint density at radius 2 is 1.57 bits per heavy atom. The third-order valence-corrected chi connectivity index (χ3v) is 6.69. The van der Waals surface area contributed by atoms with E-state index in [2.05, 4.69) is 20.9 Å². The standard InChI is InChI=1S/C25H32N4O7S/c1-15-26-11-20(37-15)24(33)29-19(13-35-4)23(32)28-18(12-34-3)22(31)27-17(21(30)25(2)14-36-25)10-16-8-6-5-7-9-16/h5-9,11,17-19H,10,12-14H2,1-4H3,(H,27,31)(H,28,32)(H,29,33)/t17-,18+,19-,25+/m0/s1. The molecule has 2 aromatic rings. The van der Waals surface area contributed by atoms with Crippen LogP contribution in [0.2, 0.25) is 0 Å². The van der Waals surface area contributed by atoms with Gasteiger partial charge < -0.3 is 30.2 Å². The highest BCUT2D eigenvalue weighted by atomic mass is 32.1. The van der Waals surface area contributed by atoms with E-state index in [1.807, 2.05) is 30.3 Å². The number of methoxy groups -OCH3 is 2. The highest BCUT2D eigenvalue weighted by Gasteiger charge is 2.50. The number of epoxide rings is 1. The van der Waals surface area contributed by atoms with E-state index in [1.54, 1.807) is 13.8 Å². The third kappa shape index (κ3) is 7.89. The number of nitrogens with one attached hydrogen (secondary N) is 3. The first kappa shape index (κ1) is 28.4. The Hall–Kier alpha value is -3.19. The van der Waals surface area contributed by atoms with Crippen molar-refractivity contribution >= 4 is 34.8 Å². The summed E-state index contributed by atoms with van der Waals surface area (Å²) >= 11 is 1.19. The number of hydrogen-bond donors (Lipinski definition) is 3. The maximum Gasteiger partial charge on any atom is 0.263 e. The Morgan fingerprint density at radius 3 is 2.08 bits per heavy atom. The molecular weight excluding hydrogens is 500 g/mol. The third-order valence-electron chi connectivity index (χ3n) is 5.78. The lowest BCUT2D eigenvalue weighted by Gasteiger charge is -2.25. The number of hydrogen-bond acceptors (Lipinski definition) is 9. The second-order valence-electron chi connectivity index (χ2n) is 8.88. The van der Waals surface area contributed by atoms with Crippen LogP contribution in [0.1, 0.15) is 27.2 Å². The van der Waals surface area contributed by atoms with Crippen molar-refractivity contribution in [3.63, 3.8) is 0 Å². The molecule has 12 heteroatoms. The lowest BCUT2D eigenvalue weighted by Crippen LogP contribution is -2.59. The van der Waals surface area contributed by atoms with Gasteiger partial charge in [0.15, 0.2) is 5.78 Å². The predicted molar refractivity (Wildman–Crippen MR) is 135 cm³/mol. The molecule has 0 radical (unpaired) electrons. The fraction of sp³-hybridized carbons (Fsp3) is 0.480. The van der Waals surface area contributed by atoms with Crippen molar-refractivity contribution < 1.29 is 33.4 Å². The number of benzene rings is 1. The summed E-state index contributed by atoms with van der Waals surface area (Å²) in [5.41, 5.74) is -0.0887. The van der Waals surface area contributed by atoms with Crippen LogP contribution in [0.5, 0.6) is 0 Å². The SMILES string of the molecule is COC[C@H](NC(=O)c1cnc(C)s1)C(=O)N[C@H](COC)C(=O)N[C@@H](Cc1ccccc1)C(=O)[C@@]1(C)CO1. The summed E-state index contributed by atoms with van der Waals surface area (Å²) in [7, 11) is 2.78. The summed E-state index contributed by atoms with van der Waals surface area (Å²) in [4.78, 5) is 56.3. The van der Waals surface area contributed by atoms with E-state index >= 15 is 0 Å². The van der Waals surface area contributed by atoms with E-state index in [0.717, 1.165) is 5.56 Å². The van der Waals surface area contributed by atoms with E-state index in [0.29, 0.717) is 9.88 Å². The Balaban J connectivity index is 1.70. The van der Waals surface area contributed by atoms with Crippen LogP contribution in [0.3, 0.4) is 0 Å². The van der Waals surface area contributed by atoms with Gasteiger partial charge in [-0.05, 0) is 25.8 Å². The molecule has 1 aromatic carbocycles. The van der Waals surface area contributed by atoms with Gasteiger partial charge in [-0.3, -0.25) is 19.2 Å². The average molecular weight is 533 g/mol. The van der Waals surface area contributed by atoms with Crippen LogP contribution in [-0.4, -0.2) is 86.3 Å². The monoisotopic (exact) mass is 532 g/mol. The maximum absolute atomic E-state index is 13.2. The normalized spacial score (nSPS) is 18.8. The van der Waals surface area contributed by atoms with Gasteiger partial charge >= 0.3 is 0 Å². The van der Waals surface area contributed by atoms with Crippen LogP contribution in [0.25, 0.3) is 0 Å². The maximum atomic E-state index is 13.2. The number of ether oxygens (including phenoxy) is 3.